The Bertz CT molecular complexity index is 419. The molecule has 0 saturated carbocycles. The summed E-state index contributed by atoms with van der Waals surface area (Å²) in [5, 5.41) is 8.80. The van der Waals surface area contributed by atoms with Crippen LogP contribution in [-0.4, -0.2) is 17.2 Å². The van der Waals surface area contributed by atoms with E-state index in [0.717, 1.165) is 0 Å². The van der Waals surface area contributed by atoms with Crippen molar-refractivity contribution >= 4 is 5.97 Å². The molecule has 0 aliphatic carbocycles. The van der Waals surface area contributed by atoms with Gasteiger partial charge in [0, 0.05) is 0 Å². The Morgan fingerprint density at radius 1 is 0.917 bits per heavy atom. The predicted octanol–water partition coefficient (Wildman–Crippen LogP) is 6.71. The Morgan fingerprint density at radius 2 is 1.38 bits per heavy atom. The topological polar surface area (TPSA) is 46.5 Å². The minimum atomic E-state index is -0.962. The number of para-hydroxylation sites is 1. The van der Waals surface area contributed by atoms with E-state index < -0.39 is 5.97 Å². The van der Waals surface area contributed by atoms with Crippen molar-refractivity contribution in [2.75, 3.05) is 0 Å². The SMILES string of the molecule is CC(C)Oc1ccccc1C(=O)O.CCCCCCCCCCC. The van der Waals surface area contributed by atoms with Gasteiger partial charge in [0.05, 0.1) is 6.10 Å². The summed E-state index contributed by atoms with van der Waals surface area (Å²) < 4.78 is 5.33. The van der Waals surface area contributed by atoms with Gasteiger partial charge in [-0.05, 0) is 26.0 Å². The number of aromatic carboxylic acids is 1. The Balaban J connectivity index is 0.000000449. The minimum Gasteiger partial charge on any atom is -0.490 e. The summed E-state index contributed by atoms with van der Waals surface area (Å²) in [6.45, 7) is 8.27. The summed E-state index contributed by atoms with van der Waals surface area (Å²) in [6, 6.07) is 6.62. The standard InChI is InChI=1S/C11H24.C10H12O3/c1-3-5-7-9-11-10-8-6-4-2;1-7(2)13-9-6-4-3-5-8(9)10(11)12/h3-11H2,1-2H3;3-7H,1-2H3,(H,11,12). The fourth-order valence-corrected chi connectivity index (χ4v) is 2.38. The molecular weight excluding hydrogens is 300 g/mol. The highest BCUT2D eigenvalue weighted by atomic mass is 16.5. The van der Waals surface area contributed by atoms with Gasteiger partial charge < -0.3 is 9.84 Å². The first-order valence-electron chi connectivity index (χ1n) is 9.51. The highest BCUT2D eigenvalue weighted by Crippen LogP contribution is 2.18. The molecule has 0 unspecified atom stereocenters. The summed E-state index contributed by atoms with van der Waals surface area (Å²) in [6.07, 6.45) is 12.9. The first-order chi connectivity index (χ1) is 11.5. The fourth-order valence-electron chi connectivity index (χ4n) is 2.38. The Hall–Kier alpha value is -1.51. The van der Waals surface area contributed by atoms with E-state index in [4.69, 9.17) is 9.84 Å². The summed E-state index contributed by atoms with van der Waals surface area (Å²) in [7, 11) is 0. The summed E-state index contributed by atoms with van der Waals surface area (Å²) >= 11 is 0. The molecule has 1 aromatic carbocycles. The fraction of sp³-hybridized carbons (Fsp3) is 0.667. The lowest BCUT2D eigenvalue weighted by atomic mass is 10.1. The second-order valence-corrected chi connectivity index (χ2v) is 6.44. The van der Waals surface area contributed by atoms with Crippen LogP contribution in [-0.2, 0) is 0 Å². The lowest BCUT2D eigenvalue weighted by Crippen LogP contribution is -2.09. The van der Waals surface area contributed by atoms with Crippen molar-refractivity contribution < 1.29 is 14.6 Å². The van der Waals surface area contributed by atoms with E-state index in [9.17, 15) is 4.79 Å². The monoisotopic (exact) mass is 336 g/mol. The first-order valence-corrected chi connectivity index (χ1v) is 9.51. The molecule has 3 heteroatoms. The molecule has 0 spiro atoms. The van der Waals surface area contributed by atoms with E-state index in [1.807, 2.05) is 13.8 Å². The van der Waals surface area contributed by atoms with Gasteiger partial charge in [0.15, 0.2) is 0 Å². The molecule has 0 amide bonds. The molecule has 24 heavy (non-hydrogen) atoms. The highest BCUT2D eigenvalue weighted by molar-refractivity contribution is 5.90. The van der Waals surface area contributed by atoms with Crippen LogP contribution in [0.25, 0.3) is 0 Å². The van der Waals surface area contributed by atoms with Crippen molar-refractivity contribution in [3.8, 4) is 5.75 Å². The zero-order valence-corrected chi connectivity index (χ0v) is 16.0. The van der Waals surface area contributed by atoms with Gasteiger partial charge in [-0.2, -0.15) is 0 Å². The molecule has 1 rings (SSSR count). The molecule has 0 fully saturated rings. The third-order valence-corrected chi connectivity index (χ3v) is 3.69. The summed E-state index contributed by atoms with van der Waals surface area (Å²) in [4.78, 5) is 10.7. The number of hydrogen-bond donors (Lipinski definition) is 1. The lowest BCUT2D eigenvalue weighted by Gasteiger charge is -2.11. The molecular formula is C21H36O3. The molecule has 138 valence electrons. The maximum atomic E-state index is 10.7. The maximum Gasteiger partial charge on any atom is 0.339 e. The maximum absolute atomic E-state index is 10.7. The highest BCUT2D eigenvalue weighted by Gasteiger charge is 2.10. The molecule has 0 radical (unpaired) electrons. The van der Waals surface area contributed by atoms with Gasteiger partial charge in [0.25, 0.3) is 0 Å². The smallest absolute Gasteiger partial charge is 0.339 e. The molecule has 0 saturated heterocycles. The average Bonchev–Trinajstić information content (AvgIpc) is 2.54. The summed E-state index contributed by atoms with van der Waals surface area (Å²) in [5.41, 5.74) is 0.205. The second kappa shape index (κ2) is 15.0. The van der Waals surface area contributed by atoms with Crippen LogP contribution >= 0.6 is 0 Å². The number of carboxylic acids is 1. The van der Waals surface area contributed by atoms with E-state index in [1.54, 1.807) is 18.2 Å². The molecule has 0 aliphatic rings. The van der Waals surface area contributed by atoms with Gasteiger partial charge in [0.1, 0.15) is 11.3 Å². The first kappa shape index (κ1) is 22.5. The molecule has 1 aromatic rings. The van der Waals surface area contributed by atoms with Crippen molar-refractivity contribution in [3.63, 3.8) is 0 Å². The molecule has 0 aromatic heterocycles. The van der Waals surface area contributed by atoms with Crippen LogP contribution in [0.15, 0.2) is 24.3 Å². The van der Waals surface area contributed by atoms with Crippen molar-refractivity contribution in [1.82, 2.24) is 0 Å². The van der Waals surface area contributed by atoms with Crippen molar-refractivity contribution in [2.45, 2.75) is 91.6 Å². The van der Waals surface area contributed by atoms with Crippen LogP contribution in [0.2, 0.25) is 0 Å². The average molecular weight is 337 g/mol. The third kappa shape index (κ3) is 12.0. The zero-order chi connectivity index (χ0) is 18.2. The molecule has 0 aliphatic heterocycles. The van der Waals surface area contributed by atoms with Crippen LogP contribution in [0.1, 0.15) is 95.8 Å². The van der Waals surface area contributed by atoms with Gasteiger partial charge >= 0.3 is 5.97 Å². The molecule has 3 nitrogen and oxygen atoms in total. The van der Waals surface area contributed by atoms with E-state index in [1.165, 1.54) is 63.9 Å². The Morgan fingerprint density at radius 3 is 1.79 bits per heavy atom. The van der Waals surface area contributed by atoms with Gasteiger partial charge in [-0.25, -0.2) is 4.79 Å². The number of carbonyl (C=O) groups is 1. The van der Waals surface area contributed by atoms with Gasteiger partial charge in [-0.3, -0.25) is 0 Å². The number of ether oxygens (including phenoxy) is 1. The van der Waals surface area contributed by atoms with Gasteiger partial charge in [-0.1, -0.05) is 83.8 Å². The van der Waals surface area contributed by atoms with Gasteiger partial charge in [0.2, 0.25) is 0 Å². The number of rotatable bonds is 11. The number of hydrogen-bond acceptors (Lipinski definition) is 2. The van der Waals surface area contributed by atoms with Crippen molar-refractivity contribution in [2.24, 2.45) is 0 Å². The van der Waals surface area contributed by atoms with Crippen LogP contribution in [0.3, 0.4) is 0 Å². The third-order valence-electron chi connectivity index (χ3n) is 3.69. The van der Waals surface area contributed by atoms with Crippen LogP contribution < -0.4 is 4.74 Å². The lowest BCUT2D eigenvalue weighted by molar-refractivity contribution is 0.0690. The Labute approximate surface area is 148 Å². The van der Waals surface area contributed by atoms with Gasteiger partial charge in [-0.15, -0.1) is 0 Å². The van der Waals surface area contributed by atoms with Crippen LogP contribution in [0.5, 0.6) is 5.75 Å². The number of unbranched alkanes of at least 4 members (excludes halogenated alkanes) is 8. The second-order valence-electron chi connectivity index (χ2n) is 6.44. The van der Waals surface area contributed by atoms with E-state index >= 15 is 0 Å². The summed E-state index contributed by atoms with van der Waals surface area (Å²) in [5.74, 6) is -0.541. The van der Waals surface area contributed by atoms with Crippen molar-refractivity contribution in [1.29, 1.82) is 0 Å². The number of carboxylic acid groups (broad SMARTS) is 1. The molecule has 1 N–H and O–H groups in total. The van der Waals surface area contributed by atoms with Crippen LogP contribution in [0.4, 0.5) is 0 Å². The largest absolute Gasteiger partial charge is 0.490 e. The van der Waals surface area contributed by atoms with E-state index in [-0.39, 0.29) is 11.7 Å². The van der Waals surface area contributed by atoms with E-state index in [0.29, 0.717) is 5.75 Å². The predicted molar refractivity (Wildman–Crippen MR) is 102 cm³/mol. The molecule has 0 atom stereocenters. The molecule has 0 bridgehead atoms. The van der Waals surface area contributed by atoms with E-state index in [2.05, 4.69) is 13.8 Å². The Kier molecular flexibility index (Phi) is 14.1. The zero-order valence-electron chi connectivity index (χ0n) is 16.0. The minimum absolute atomic E-state index is 0.0134. The quantitative estimate of drug-likeness (QED) is 0.457. The molecule has 0 heterocycles. The van der Waals surface area contributed by atoms with Crippen molar-refractivity contribution in [3.05, 3.63) is 29.8 Å². The number of benzene rings is 1. The normalized spacial score (nSPS) is 10.2. The van der Waals surface area contributed by atoms with Crippen LogP contribution in [0, 0.1) is 0 Å².